The first kappa shape index (κ1) is 19.4. The van der Waals surface area contributed by atoms with Gasteiger partial charge >= 0.3 is 0 Å². The maximum atomic E-state index is 9.77. The van der Waals surface area contributed by atoms with Crippen LogP contribution in [0.1, 0.15) is 19.3 Å². The van der Waals surface area contributed by atoms with Crippen molar-refractivity contribution in [1.29, 1.82) is 0 Å². The van der Waals surface area contributed by atoms with Gasteiger partial charge in [0, 0.05) is 30.7 Å². The van der Waals surface area contributed by atoms with Crippen LogP contribution in [-0.2, 0) is 0 Å². The number of nitrogens with one attached hydrogen (secondary N) is 1. The van der Waals surface area contributed by atoms with Gasteiger partial charge in [-0.25, -0.2) is 9.97 Å². The van der Waals surface area contributed by atoms with E-state index in [1.165, 1.54) is 6.33 Å². The second-order valence-corrected chi connectivity index (χ2v) is 7.10. The third-order valence-electron chi connectivity index (χ3n) is 5.00. The highest BCUT2D eigenvalue weighted by Gasteiger charge is 2.17. The molecule has 2 N–H and O–H groups in total. The number of β-amino-alcohol motifs (C(OH)–C–C–N with tert-alkyl or cyclic N) is 1. The first-order valence-corrected chi connectivity index (χ1v) is 9.85. The molecule has 1 fully saturated rings. The lowest BCUT2D eigenvalue weighted by Crippen LogP contribution is -2.39. The zero-order valence-electron chi connectivity index (χ0n) is 16.5. The summed E-state index contributed by atoms with van der Waals surface area (Å²) < 4.78 is 11.5. The summed E-state index contributed by atoms with van der Waals surface area (Å²) in [7, 11) is 1.62. The van der Waals surface area contributed by atoms with E-state index >= 15 is 0 Å². The number of hydrogen-bond acceptors (Lipinski definition) is 8. The van der Waals surface area contributed by atoms with Gasteiger partial charge in [0.1, 0.15) is 6.33 Å². The second-order valence-electron chi connectivity index (χ2n) is 7.10. The molecule has 29 heavy (non-hydrogen) atoms. The number of methoxy groups -OCH3 is 1. The fourth-order valence-corrected chi connectivity index (χ4v) is 3.57. The van der Waals surface area contributed by atoms with Crippen molar-refractivity contribution in [3.05, 3.63) is 36.9 Å². The lowest BCUT2D eigenvalue weighted by atomic mass is 10.1. The molecular weight excluding hydrogens is 372 g/mol. The molecule has 1 aromatic carbocycles. The van der Waals surface area contributed by atoms with E-state index in [-0.39, 0.29) is 6.10 Å². The number of benzene rings is 1. The van der Waals surface area contributed by atoms with Crippen molar-refractivity contribution in [2.24, 2.45) is 0 Å². The number of piperidine rings is 1. The van der Waals surface area contributed by atoms with Gasteiger partial charge in [-0.05, 0) is 37.9 Å². The number of aromatic nitrogens is 4. The normalized spacial score (nSPS) is 17.4. The van der Waals surface area contributed by atoms with Gasteiger partial charge in [-0.3, -0.25) is 5.43 Å². The van der Waals surface area contributed by atoms with E-state index < -0.39 is 0 Å². The minimum atomic E-state index is -0.200. The van der Waals surface area contributed by atoms with Crippen LogP contribution in [0.5, 0.6) is 11.5 Å². The molecule has 1 unspecified atom stereocenters. The van der Waals surface area contributed by atoms with Crippen molar-refractivity contribution < 1.29 is 14.6 Å². The molecule has 3 aromatic rings. The van der Waals surface area contributed by atoms with E-state index in [4.69, 9.17) is 9.47 Å². The fourth-order valence-electron chi connectivity index (χ4n) is 3.57. The predicted octanol–water partition coefficient (Wildman–Crippen LogP) is 1.94. The molecule has 2 aromatic heterocycles. The number of fused-ring (bicyclic) bond motifs is 1. The molecule has 154 valence electrons. The summed E-state index contributed by atoms with van der Waals surface area (Å²) in [5.41, 5.74) is 3.88. The van der Waals surface area contributed by atoms with Crippen LogP contribution < -0.4 is 14.9 Å². The van der Waals surface area contributed by atoms with Crippen LogP contribution in [-0.4, -0.2) is 69.3 Å². The summed E-state index contributed by atoms with van der Waals surface area (Å²) in [5, 5.41) is 14.7. The molecular formula is C20H26N6O3. The van der Waals surface area contributed by atoms with Gasteiger partial charge in [0.05, 0.1) is 31.5 Å². The van der Waals surface area contributed by atoms with Crippen LogP contribution in [0.15, 0.2) is 36.9 Å². The van der Waals surface area contributed by atoms with Crippen LogP contribution in [0.25, 0.3) is 10.9 Å². The summed E-state index contributed by atoms with van der Waals surface area (Å²) in [6.45, 7) is 3.27. The number of rotatable bonds is 8. The topological polar surface area (TPSA) is 97.6 Å². The average molecular weight is 398 g/mol. The van der Waals surface area contributed by atoms with Gasteiger partial charge in [0.15, 0.2) is 17.3 Å². The molecule has 4 rings (SSSR count). The average Bonchev–Trinajstić information content (AvgIpc) is 3.24. The maximum Gasteiger partial charge on any atom is 0.163 e. The third-order valence-corrected chi connectivity index (χ3v) is 5.00. The highest BCUT2D eigenvalue weighted by atomic mass is 16.5. The van der Waals surface area contributed by atoms with Crippen molar-refractivity contribution in [1.82, 2.24) is 24.8 Å². The molecule has 9 nitrogen and oxygen atoms in total. The Hall–Kier alpha value is -2.91. The molecule has 0 saturated carbocycles. The molecule has 0 radical (unpaired) electrons. The van der Waals surface area contributed by atoms with Crippen LogP contribution in [0.2, 0.25) is 0 Å². The van der Waals surface area contributed by atoms with Gasteiger partial charge in [-0.1, -0.05) is 0 Å². The van der Waals surface area contributed by atoms with E-state index in [9.17, 15) is 5.11 Å². The fraction of sp³-hybridized carbons (Fsp3) is 0.450. The van der Waals surface area contributed by atoms with Crippen LogP contribution in [0.3, 0.4) is 0 Å². The maximum absolute atomic E-state index is 9.77. The van der Waals surface area contributed by atoms with Crippen molar-refractivity contribution in [2.75, 3.05) is 38.8 Å². The predicted molar refractivity (Wildman–Crippen MR) is 109 cm³/mol. The van der Waals surface area contributed by atoms with Crippen LogP contribution in [0.4, 0.5) is 5.82 Å². The largest absolute Gasteiger partial charge is 0.493 e. The Labute approximate surface area is 169 Å². The van der Waals surface area contributed by atoms with E-state index in [1.54, 1.807) is 24.3 Å². The van der Waals surface area contributed by atoms with Crippen LogP contribution in [0, 0.1) is 0 Å². The number of ether oxygens (including phenoxy) is 2. The number of aliphatic hydroxyl groups excluding tert-OH is 1. The van der Waals surface area contributed by atoms with Gasteiger partial charge in [0.2, 0.25) is 0 Å². The van der Waals surface area contributed by atoms with Crippen molar-refractivity contribution in [2.45, 2.75) is 25.4 Å². The molecule has 1 atom stereocenters. The molecule has 1 aliphatic rings. The van der Waals surface area contributed by atoms with Crippen molar-refractivity contribution in [3.63, 3.8) is 0 Å². The molecule has 0 bridgehead atoms. The summed E-state index contributed by atoms with van der Waals surface area (Å²) in [4.78, 5) is 12.5. The third kappa shape index (κ3) is 4.75. The van der Waals surface area contributed by atoms with Gasteiger partial charge in [0.25, 0.3) is 0 Å². The quantitative estimate of drug-likeness (QED) is 0.556. The lowest BCUT2D eigenvalue weighted by Gasteiger charge is -2.29. The van der Waals surface area contributed by atoms with Crippen LogP contribution >= 0.6 is 0 Å². The SMILES string of the molecule is COc1cc2c(Nn3cccn3)ncnc2cc1OCCCN1CCCC(O)C1. The molecule has 0 spiro atoms. The zero-order valence-corrected chi connectivity index (χ0v) is 16.5. The number of anilines is 1. The highest BCUT2D eigenvalue weighted by molar-refractivity contribution is 5.91. The summed E-state index contributed by atoms with van der Waals surface area (Å²) >= 11 is 0. The molecule has 0 amide bonds. The summed E-state index contributed by atoms with van der Waals surface area (Å²) in [6, 6.07) is 5.57. The Morgan fingerprint density at radius 1 is 1.28 bits per heavy atom. The van der Waals surface area contributed by atoms with Gasteiger partial charge < -0.3 is 19.5 Å². The monoisotopic (exact) mass is 398 g/mol. The number of aliphatic hydroxyl groups is 1. The second kappa shape index (κ2) is 9.06. The minimum absolute atomic E-state index is 0.200. The number of hydrogen-bond donors (Lipinski definition) is 2. The van der Waals surface area contributed by atoms with E-state index in [2.05, 4.69) is 25.4 Å². The smallest absolute Gasteiger partial charge is 0.163 e. The van der Waals surface area contributed by atoms with E-state index in [0.717, 1.165) is 49.8 Å². The van der Waals surface area contributed by atoms with Crippen molar-refractivity contribution in [3.8, 4) is 11.5 Å². The zero-order chi connectivity index (χ0) is 20.1. The first-order valence-electron chi connectivity index (χ1n) is 9.85. The summed E-state index contributed by atoms with van der Waals surface area (Å²) in [5.74, 6) is 1.92. The highest BCUT2D eigenvalue weighted by Crippen LogP contribution is 2.34. The van der Waals surface area contributed by atoms with E-state index in [1.807, 2.05) is 18.2 Å². The standard InChI is InChI=1S/C20H26N6O3/c1-28-18-11-16-17(21-14-22-20(16)24-26-9-3-6-23-26)12-19(18)29-10-4-8-25-7-2-5-15(27)13-25/h3,6,9,11-12,14-15,27H,2,4-5,7-8,10,13H2,1H3,(H,21,22,24). The lowest BCUT2D eigenvalue weighted by molar-refractivity contribution is 0.0678. The molecule has 9 heteroatoms. The Bertz CT molecular complexity index is 933. The first-order chi connectivity index (χ1) is 14.2. The molecule has 0 aliphatic carbocycles. The molecule has 3 heterocycles. The summed E-state index contributed by atoms with van der Waals surface area (Å²) in [6.07, 6.45) is 7.62. The van der Waals surface area contributed by atoms with Gasteiger partial charge in [-0.2, -0.15) is 9.89 Å². The number of likely N-dealkylation sites (tertiary alicyclic amines) is 1. The molecule has 1 saturated heterocycles. The minimum Gasteiger partial charge on any atom is -0.493 e. The Morgan fingerprint density at radius 3 is 3.00 bits per heavy atom. The Kier molecular flexibility index (Phi) is 6.06. The van der Waals surface area contributed by atoms with Gasteiger partial charge in [-0.15, -0.1) is 0 Å². The number of nitrogens with zero attached hydrogens (tertiary/aromatic N) is 5. The Morgan fingerprint density at radius 2 is 2.21 bits per heavy atom. The van der Waals surface area contributed by atoms with Crippen molar-refractivity contribution >= 4 is 16.7 Å². The Balaban J connectivity index is 1.43. The molecule has 1 aliphatic heterocycles. The van der Waals surface area contributed by atoms with E-state index in [0.29, 0.717) is 23.9 Å².